The Balaban J connectivity index is 1.09. The SMILES string of the molecule is c1ccc2c(c1)-c1ccccc1C21c2ccccc2-c2nc(-c3nc(-c4cccc5c4oc4ccccc45)nc(-c4cccc5c4oc4ccccc45)n3)c3ccccc3c21. The zero-order chi connectivity index (χ0) is 39.8. The Hall–Kier alpha value is -8.22. The van der Waals surface area contributed by atoms with Gasteiger partial charge in [0.25, 0.3) is 0 Å². The van der Waals surface area contributed by atoms with E-state index in [0.29, 0.717) is 23.2 Å². The minimum atomic E-state index is -0.562. The molecule has 14 rings (SSSR count). The predicted molar refractivity (Wildman–Crippen MR) is 242 cm³/mol. The van der Waals surface area contributed by atoms with Gasteiger partial charge in [-0.15, -0.1) is 0 Å². The van der Waals surface area contributed by atoms with E-state index in [9.17, 15) is 0 Å². The van der Waals surface area contributed by atoms with Gasteiger partial charge in [-0.05, 0) is 57.5 Å². The number of hydrogen-bond donors (Lipinski definition) is 0. The highest BCUT2D eigenvalue weighted by Gasteiger charge is 2.53. The predicted octanol–water partition coefficient (Wildman–Crippen LogP) is 13.6. The monoisotopic (exact) mass is 778 g/mol. The molecule has 0 saturated carbocycles. The summed E-state index contributed by atoms with van der Waals surface area (Å²) in [5.41, 5.74) is 14.2. The van der Waals surface area contributed by atoms with Crippen LogP contribution in [0.15, 0.2) is 191 Å². The van der Waals surface area contributed by atoms with Gasteiger partial charge in [0.15, 0.2) is 17.5 Å². The van der Waals surface area contributed by atoms with Gasteiger partial charge in [-0.3, -0.25) is 0 Å². The summed E-state index contributed by atoms with van der Waals surface area (Å²) in [5.74, 6) is 1.44. The Kier molecular flexibility index (Phi) is 6.40. The molecule has 4 heterocycles. The molecular weight excluding hydrogens is 749 g/mol. The topological polar surface area (TPSA) is 77.8 Å². The summed E-state index contributed by atoms with van der Waals surface area (Å²) >= 11 is 0. The fourth-order valence-corrected chi connectivity index (χ4v) is 10.5. The number of furan rings is 2. The molecule has 4 aromatic heterocycles. The molecule has 12 aromatic rings. The summed E-state index contributed by atoms with van der Waals surface area (Å²) in [6.07, 6.45) is 0. The molecule has 0 aliphatic heterocycles. The first kappa shape index (κ1) is 32.7. The lowest BCUT2D eigenvalue weighted by Gasteiger charge is -2.31. The molecule has 61 heavy (non-hydrogen) atoms. The van der Waals surface area contributed by atoms with E-state index in [2.05, 4.69) is 121 Å². The lowest BCUT2D eigenvalue weighted by atomic mass is 9.69. The van der Waals surface area contributed by atoms with E-state index in [1.54, 1.807) is 0 Å². The third kappa shape index (κ3) is 4.25. The number of para-hydroxylation sites is 4. The van der Waals surface area contributed by atoms with E-state index in [0.717, 1.165) is 77.0 Å². The van der Waals surface area contributed by atoms with Crippen molar-refractivity contribution in [1.82, 2.24) is 19.9 Å². The van der Waals surface area contributed by atoms with Gasteiger partial charge in [-0.1, -0.05) is 158 Å². The standard InChI is InChI=1S/C55H30N4O2/c1-2-20-36-35(19-1)47-48(39-21-5-10-28-44(39)55(47)42-26-8-3-15-31(42)32-16-4-9-27-43(32)55)56-49(36)54-58-52(40-24-13-22-37-33-17-6-11-29-45(33)60-50(37)40)57-53(59-54)41-25-14-23-38-34-18-7-12-30-46(34)61-51(38)41/h1-30H. The average molecular weight is 779 g/mol. The second-order valence-corrected chi connectivity index (χ2v) is 16.0. The minimum Gasteiger partial charge on any atom is -0.455 e. The summed E-state index contributed by atoms with van der Waals surface area (Å²) in [5, 5.41) is 6.13. The Morgan fingerprint density at radius 3 is 1.28 bits per heavy atom. The highest BCUT2D eigenvalue weighted by atomic mass is 16.3. The van der Waals surface area contributed by atoms with Crippen LogP contribution in [0.1, 0.15) is 22.3 Å². The van der Waals surface area contributed by atoms with Crippen LogP contribution < -0.4 is 0 Å². The van der Waals surface area contributed by atoms with E-state index < -0.39 is 5.41 Å². The minimum absolute atomic E-state index is 0.464. The van der Waals surface area contributed by atoms with Gasteiger partial charge in [0.1, 0.15) is 28.0 Å². The Labute approximate surface area is 348 Å². The molecule has 0 N–H and O–H groups in total. The number of aromatic nitrogens is 4. The van der Waals surface area contributed by atoms with Crippen LogP contribution in [0.3, 0.4) is 0 Å². The first-order chi connectivity index (χ1) is 30.3. The van der Waals surface area contributed by atoms with Crippen molar-refractivity contribution in [2.75, 3.05) is 0 Å². The van der Waals surface area contributed by atoms with Crippen LogP contribution in [0.4, 0.5) is 0 Å². The quantitative estimate of drug-likeness (QED) is 0.178. The van der Waals surface area contributed by atoms with Gasteiger partial charge in [-0.2, -0.15) is 0 Å². The molecule has 0 saturated heterocycles. The third-order valence-corrected chi connectivity index (χ3v) is 13.0. The maximum Gasteiger partial charge on any atom is 0.183 e. The smallest absolute Gasteiger partial charge is 0.183 e. The third-order valence-electron chi connectivity index (χ3n) is 13.0. The van der Waals surface area contributed by atoms with Gasteiger partial charge >= 0.3 is 0 Å². The molecule has 0 amide bonds. The summed E-state index contributed by atoms with van der Waals surface area (Å²) in [6.45, 7) is 0. The van der Waals surface area contributed by atoms with Crippen molar-refractivity contribution in [3.05, 3.63) is 204 Å². The molecule has 1 spiro atoms. The molecule has 0 fully saturated rings. The van der Waals surface area contributed by atoms with Crippen LogP contribution in [0.2, 0.25) is 0 Å². The van der Waals surface area contributed by atoms with Crippen molar-refractivity contribution in [2.24, 2.45) is 0 Å². The zero-order valence-electron chi connectivity index (χ0n) is 32.4. The molecule has 282 valence electrons. The summed E-state index contributed by atoms with van der Waals surface area (Å²) in [7, 11) is 0. The normalized spacial score (nSPS) is 13.4. The molecule has 2 aliphatic rings. The van der Waals surface area contributed by atoms with Gasteiger partial charge in [0.2, 0.25) is 0 Å². The maximum absolute atomic E-state index is 6.59. The number of fused-ring (bicyclic) bond motifs is 18. The van der Waals surface area contributed by atoms with Crippen LogP contribution >= 0.6 is 0 Å². The lowest BCUT2D eigenvalue weighted by molar-refractivity contribution is 0.669. The largest absolute Gasteiger partial charge is 0.455 e. The van der Waals surface area contributed by atoms with Crippen molar-refractivity contribution in [3.63, 3.8) is 0 Å². The molecular formula is C55H30N4O2. The second-order valence-electron chi connectivity index (χ2n) is 16.0. The Morgan fingerprint density at radius 2 is 0.705 bits per heavy atom. The molecule has 0 bridgehead atoms. The van der Waals surface area contributed by atoms with E-state index in [-0.39, 0.29) is 0 Å². The lowest BCUT2D eigenvalue weighted by Crippen LogP contribution is -2.26. The number of nitrogens with zero attached hydrogens (tertiary/aromatic N) is 4. The van der Waals surface area contributed by atoms with E-state index in [1.807, 2.05) is 60.7 Å². The van der Waals surface area contributed by atoms with E-state index >= 15 is 0 Å². The van der Waals surface area contributed by atoms with Gasteiger partial charge in [0.05, 0.1) is 22.2 Å². The van der Waals surface area contributed by atoms with Crippen LogP contribution in [-0.2, 0) is 5.41 Å². The molecule has 2 aliphatic carbocycles. The first-order valence-corrected chi connectivity index (χ1v) is 20.6. The number of rotatable bonds is 3. The van der Waals surface area contributed by atoms with Crippen molar-refractivity contribution in [1.29, 1.82) is 0 Å². The van der Waals surface area contributed by atoms with E-state index in [1.165, 1.54) is 33.4 Å². The highest BCUT2D eigenvalue weighted by molar-refractivity contribution is 6.11. The number of hydrogen-bond acceptors (Lipinski definition) is 6. The van der Waals surface area contributed by atoms with Crippen molar-refractivity contribution in [2.45, 2.75) is 5.41 Å². The number of pyridine rings is 1. The van der Waals surface area contributed by atoms with Crippen molar-refractivity contribution < 1.29 is 8.83 Å². The van der Waals surface area contributed by atoms with Crippen LogP contribution in [0.5, 0.6) is 0 Å². The molecule has 0 atom stereocenters. The Morgan fingerprint density at radius 1 is 0.295 bits per heavy atom. The van der Waals surface area contributed by atoms with Gasteiger partial charge < -0.3 is 8.83 Å². The Bertz CT molecular complexity index is 3680. The molecule has 0 radical (unpaired) electrons. The van der Waals surface area contributed by atoms with Crippen molar-refractivity contribution in [3.8, 4) is 56.7 Å². The van der Waals surface area contributed by atoms with Crippen molar-refractivity contribution >= 4 is 54.6 Å². The average Bonchev–Trinajstić information content (AvgIpc) is 4.06. The molecule has 0 unspecified atom stereocenters. The molecule has 6 heteroatoms. The summed E-state index contributed by atoms with van der Waals surface area (Å²) < 4.78 is 13.2. The number of benzene rings is 8. The summed E-state index contributed by atoms with van der Waals surface area (Å²) in [4.78, 5) is 21.7. The fourth-order valence-electron chi connectivity index (χ4n) is 10.5. The molecule has 8 aromatic carbocycles. The fraction of sp³-hybridized carbons (Fsp3) is 0.0182. The second kappa shape index (κ2) is 11.9. The van der Waals surface area contributed by atoms with E-state index in [4.69, 9.17) is 28.8 Å². The van der Waals surface area contributed by atoms with Gasteiger partial charge in [0, 0.05) is 38.1 Å². The molecule has 6 nitrogen and oxygen atoms in total. The zero-order valence-corrected chi connectivity index (χ0v) is 32.4. The van der Waals surface area contributed by atoms with Crippen LogP contribution in [0, 0.1) is 0 Å². The first-order valence-electron chi connectivity index (χ1n) is 20.6. The summed E-state index contributed by atoms with van der Waals surface area (Å²) in [6, 6.07) is 63.6. The highest BCUT2D eigenvalue weighted by Crippen LogP contribution is 2.64. The van der Waals surface area contributed by atoms with Crippen LogP contribution in [-0.4, -0.2) is 19.9 Å². The van der Waals surface area contributed by atoms with Gasteiger partial charge in [-0.25, -0.2) is 19.9 Å². The van der Waals surface area contributed by atoms with Crippen LogP contribution in [0.25, 0.3) is 111 Å². The maximum atomic E-state index is 6.59.